The van der Waals surface area contributed by atoms with E-state index in [1.807, 2.05) is 0 Å². The van der Waals surface area contributed by atoms with E-state index < -0.39 is 9.84 Å². The zero-order valence-corrected chi connectivity index (χ0v) is 10.8. The van der Waals surface area contributed by atoms with Crippen molar-refractivity contribution in [2.75, 3.05) is 18.6 Å². The Bertz CT molecular complexity index is 341. The van der Waals surface area contributed by atoms with Gasteiger partial charge >= 0.3 is 5.97 Å². The van der Waals surface area contributed by atoms with E-state index >= 15 is 0 Å². The van der Waals surface area contributed by atoms with Crippen molar-refractivity contribution in [1.29, 1.82) is 0 Å². The van der Waals surface area contributed by atoms with Gasteiger partial charge in [0, 0.05) is 12.0 Å². The van der Waals surface area contributed by atoms with Gasteiger partial charge in [-0.1, -0.05) is 6.42 Å². The number of rotatable bonds is 6. The van der Waals surface area contributed by atoms with Crippen LogP contribution in [0.3, 0.4) is 0 Å². The molecule has 4 nitrogen and oxygen atoms in total. The predicted octanol–water partition coefficient (Wildman–Crippen LogP) is 1.54. The third kappa shape index (κ3) is 3.47. The predicted molar refractivity (Wildman–Crippen MR) is 61.9 cm³/mol. The van der Waals surface area contributed by atoms with E-state index in [4.69, 9.17) is 4.74 Å². The first-order valence-electron chi connectivity index (χ1n) is 5.74. The van der Waals surface area contributed by atoms with Crippen molar-refractivity contribution in [2.24, 2.45) is 5.41 Å². The monoisotopic (exact) mass is 248 g/mol. The highest BCUT2D eigenvalue weighted by Crippen LogP contribution is 2.45. The lowest BCUT2D eigenvalue weighted by molar-refractivity contribution is -0.161. The zero-order valence-electron chi connectivity index (χ0n) is 9.99. The number of carbonyl (C=O) groups is 1. The lowest BCUT2D eigenvalue weighted by Gasteiger charge is -2.39. The Labute approximate surface area is 97.3 Å². The van der Waals surface area contributed by atoms with Crippen molar-refractivity contribution in [3.05, 3.63) is 0 Å². The van der Waals surface area contributed by atoms with Crippen molar-refractivity contribution in [3.8, 4) is 0 Å². The molecular formula is C11H20O4S. The molecule has 0 N–H and O–H groups in total. The lowest BCUT2D eigenvalue weighted by atomic mass is 9.66. The minimum atomic E-state index is -2.92. The molecule has 1 fully saturated rings. The maximum atomic E-state index is 11.7. The second kappa shape index (κ2) is 5.17. The second-order valence-corrected chi connectivity index (χ2v) is 6.85. The summed E-state index contributed by atoms with van der Waals surface area (Å²) in [5.41, 5.74) is -0.374. The van der Waals surface area contributed by atoms with Crippen LogP contribution in [0.2, 0.25) is 0 Å². The Kier molecular flexibility index (Phi) is 4.35. The normalized spacial score (nSPS) is 18.9. The lowest BCUT2D eigenvalue weighted by Crippen LogP contribution is -2.39. The van der Waals surface area contributed by atoms with Gasteiger partial charge in [0.15, 0.2) is 0 Å². The van der Waals surface area contributed by atoms with Crippen LogP contribution in [0.5, 0.6) is 0 Å². The molecule has 0 aliphatic heterocycles. The molecule has 0 atom stereocenters. The van der Waals surface area contributed by atoms with Crippen LogP contribution in [0.1, 0.15) is 39.0 Å². The molecule has 1 aliphatic carbocycles. The third-order valence-electron chi connectivity index (χ3n) is 3.19. The first-order valence-corrected chi connectivity index (χ1v) is 7.81. The summed E-state index contributed by atoms with van der Waals surface area (Å²) in [4.78, 5) is 11.7. The Morgan fingerprint density at radius 2 is 2.00 bits per heavy atom. The zero-order chi connectivity index (χ0) is 12.2. The summed E-state index contributed by atoms with van der Waals surface area (Å²) in [6.07, 6.45) is 5.14. The van der Waals surface area contributed by atoms with E-state index in [2.05, 4.69) is 0 Å². The third-order valence-corrected chi connectivity index (χ3v) is 4.22. The van der Waals surface area contributed by atoms with Gasteiger partial charge in [-0.3, -0.25) is 4.79 Å². The molecule has 1 rings (SSSR count). The number of sulfone groups is 1. The van der Waals surface area contributed by atoms with Gasteiger partial charge < -0.3 is 4.74 Å². The fourth-order valence-corrected chi connectivity index (χ4v) is 2.79. The molecule has 5 heteroatoms. The van der Waals surface area contributed by atoms with Crippen LogP contribution in [-0.4, -0.2) is 33.0 Å². The van der Waals surface area contributed by atoms with Crippen molar-refractivity contribution < 1.29 is 17.9 Å². The summed E-state index contributed by atoms with van der Waals surface area (Å²) in [6, 6.07) is 0. The molecular weight excluding hydrogens is 228 g/mol. The van der Waals surface area contributed by atoms with Crippen molar-refractivity contribution in [1.82, 2.24) is 0 Å². The Morgan fingerprint density at radius 3 is 2.38 bits per heavy atom. The molecule has 0 saturated heterocycles. The van der Waals surface area contributed by atoms with E-state index in [0.717, 1.165) is 19.3 Å². The smallest absolute Gasteiger partial charge is 0.312 e. The van der Waals surface area contributed by atoms with Crippen LogP contribution in [0.15, 0.2) is 0 Å². The van der Waals surface area contributed by atoms with Gasteiger partial charge in [-0.2, -0.15) is 0 Å². The molecule has 16 heavy (non-hydrogen) atoms. The van der Waals surface area contributed by atoms with E-state index in [9.17, 15) is 13.2 Å². The molecule has 94 valence electrons. The topological polar surface area (TPSA) is 60.4 Å². The summed E-state index contributed by atoms with van der Waals surface area (Å²) in [7, 11) is -2.92. The highest BCUT2D eigenvalue weighted by Gasteiger charge is 2.44. The van der Waals surface area contributed by atoms with Gasteiger partial charge in [0.25, 0.3) is 0 Å². The van der Waals surface area contributed by atoms with Gasteiger partial charge in [0.05, 0.1) is 12.0 Å². The van der Waals surface area contributed by atoms with Crippen LogP contribution >= 0.6 is 0 Å². The summed E-state index contributed by atoms with van der Waals surface area (Å²) >= 11 is 0. The average molecular weight is 248 g/mol. The first kappa shape index (κ1) is 13.5. The summed E-state index contributed by atoms with van der Waals surface area (Å²) in [6.45, 7) is 2.19. The quantitative estimate of drug-likeness (QED) is 0.669. The van der Waals surface area contributed by atoms with Crippen molar-refractivity contribution in [3.63, 3.8) is 0 Å². The number of hydrogen-bond acceptors (Lipinski definition) is 4. The van der Waals surface area contributed by atoms with Gasteiger partial charge in [-0.05, 0) is 32.6 Å². The molecule has 0 aromatic rings. The Balaban J connectivity index is 2.45. The molecule has 1 aliphatic rings. The van der Waals surface area contributed by atoms with Gasteiger partial charge in [0.1, 0.15) is 9.84 Å². The number of carbonyl (C=O) groups excluding carboxylic acids is 1. The molecule has 0 spiro atoms. The fraction of sp³-hybridized carbons (Fsp3) is 0.909. The van der Waals surface area contributed by atoms with Crippen LogP contribution in [0.4, 0.5) is 0 Å². The van der Waals surface area contributed by atoms with E-state index in [1.54, 1.807) is 6.92 Å². The van der Waals surface area contributed by atoms with Crippen LogP contribution in [-0.2, 0) is 19.4 Å². The van der Waals surface area contributed by atoms with E-state index in [-0.39, 0.29) is 17.1 Å². The summed E-state index contributed by atoms with van der Waals surface area (Å²) in [5.74, 6) is 0.0171. The molecule has 0 aromatic carbocycles. The highest BCUT2D eigenvalue weighted by molar-refractivity contribution is 7.90. The minimum absolute atomic E-state index is 0.144. The maximum absolute atomic E-state index is 11.7. The van der Waals surface area contributed by atoms with Gasteiger partial charge in [-0.15, -0.1) is 0 Å². The molecule has 0 unspecified atom stereocenters. The first-order chi connectivity index (χ1) is 7.40. The van der Waals surface area contributed by atoms with E-state index in [1.165, 1.54) is 6.26 Å². The molecule has 0 aromatic heterocycles. The number of hydrogen-bond donors (Lipinski definition) is 0. The SMILES string of the molecule is CCOC(=O)C1(CCCS(C)(=O)=O)CCC1. The Morgan fingerprint density at radius 1 is 1.38 bits per heavy atom. The second-order valence-electron chi connectivity index (χ2n) is 4.59. The largest absolute Gasteiger partial charge is 0.466 e. The Hall–Kier alpha value is -0.580. The van der Waals surface area contributed by atoms with Crippen molar-refractivity contribution in [2.45, 2.75) is 39.0 Å². The summed E-state index contributed by atoms with van der Waals surface area (Å²) < 4.78 is 27.0. The molecule has 0 bridgehead atoms. The number of ether oxygens (including phenoxy) is 1. The van der Waals surface area contributed by atoms with Crippen LogP contribution < -0.4 is 0 Å². The van der Waals surface area contributed by atoms with Gasteiger partial charge in [-0.25, -0.2) is 8.42 Å². The number of esters is 1. The van der Waals surface area contributed by atoms with E-state index in [0.29, 0.717) is 19.4 Å². The van der Waals surface area contributed by atoms with Crippen molar-refractivity contribution >= 4 is 15.8 Å². The van der Waals surface area contributed by atoms with Gasteiger partial charge in [0.2, 0.25) is 0 Å². The maximum Gasteiger partial charge on any atom is 0.312 e. The summed E-state index contributed by atoms with van der Waals surface area (Å²) in [5, 5.41) is 0. The van der Waals surface area contributed by atoms with Crippen LogP contribution in [0.25, 0.3) is 0 Å². The minimum Gasteiger partial charge on any atom is -0.466 e. The highest BCUT2D eigenvalue weighted by atomic mass is 32.2. The molecule has 0 heterocycles. The fourth-order valence-electron chi connectivity index (χ4n) is 2.12. The average Bonchev–Trinajstić information content (AvgIpc) is 2.08. The molecule has 0 amide bonds. The van der Waals surface area contributed by atoms with Crippen LogP contribution in [0, 0.1) is 5.41 Å². The standard InChI is InChI=1S/C11H20O4S/c1-3-15-10(12)11(6-4-7-11)8-5-9-16(2,13)14/h3-9H2,1-2H3. The molecule has 1 saturated carbocycles. The molecule has 0 radical (unpaired) electrons.